The molecule has 0 aromatic carbocycles. The van der Waals surface area contributed by atoms with Gasteiger partial charge in [0, 0.05) is 17.8 Å². The molecule has 2 N–H and O–H groups in total. The van der Waals surface area contributed by atoms with Crippen LogP contribution in [0.4, 0.5) is 0 Å². The maximum absolute atomic E-state index is 12.0. The van der Waals surface area contributed by atoms with Gasteiger partial charge in [-0.1, -0.05) is 18.5 Å². The van der Waals surface area contributed by atoms with Crippen LogP contribution in [0.25, 0.3) is 0 Å². The van der Waals surface area contributed by atoms with Crippen LogP contribution >= 0.6 is 22.9 Å². The van der Waals surface area contributed by atoms with E-state index in [1.165, 1.54) is 17.5 Å². The SMILES string of the molecule is CCc1ncc(S(=O)(=O)NCCc2ccc(Cl)s2)[nH]1. The Balaban J connectivity index is 1.94. The van der Waals surface area contributed by atoms with Gasteiger partial charge < -0.3 is 4.98 Å². The average Bonchev–Trinajstić information content (AvgIpc) is 2.98. The van der Waals surface area contributed by atoms with Crippen molar-refractivity contribution < 1.29 is 8.42 Å². The van der Waals surface area contributed by atoms with E-state index in [0.717, 1.165) is 4.88 Å². The van der Waals surface area contributed by atoms with Gasteiger partial charge in [0.25, 0.3) is 10.0 Å². The fourth-order valence-corrected chi connectivity index (χ4v) is 3.59. The summed E-state index contributed by atoms with van der Waals surface area (Å²) in [6.07, 6.45) is 2.62. The van der Waals surface area contributed by atoms with E-state index in [1.807, 2.05) is 13.0 Å². The number of halogens is 1. The highest BCUT2D eigenvalue weighted by molar-refractivity contribution is 7.89. The summed E-state index contributed by atoms with van der Waals surface area (Å²) >= 11 is 7.26. The molecule has 0 unspecified atom stereocenters. The molecule has 2 rings (SSSR count). The Labute approximate surface area is 121 Å². The summed E-state index contributed by atoms with van der Waals surface area (Å²) in [6, 6.07) is 3.70. The van der Waals surface area contributed by atoms with Gasteiger partial charge in [-0.3, -0.25) is 0 Å². The number of imidazole rings is 1. The number of hydrogen-bond acceptors (Lipinski definition) is 4. The zero-order valence-electron chi connectivity index (χ0n) is 10.3. The monoisotopic (exact) mass is 319 g/mol. The molecule has 5 nitrogen and oxygen atoms in total. The first-order chi connectivity index (χ1) is 9.01. The maximum atomic E-state index is 12.0. The molecule has 0 amide bonds. The van der Waals surface area contributed by atoms with Crippen molar-refractivity contribution in [3.63, 3.8) is 0 Å². The quantitative estimate of drug-likeness (QED) is 0.857. The van der Waals surface area contributed by atoms with Gasteiger partial charge in [0.1, 0.15) is 5.82 Å². The Kier molecular flexibility index (Phi) is 4.62. The summed E-state index contributed by atoms with van der Waals surface area (Å²) in [5.41, 5.74) is 0. The van der Waals surface area contributed by atoms with Crippen molar-refractivity contribution in [3.05, 3.63) is 33.4 Å². The molecule has 0 aliphatic heterocycles. The number of thiophene rings is 1. The molecule has 0 bridgehead atoms. The summed E-state index contributed by atoms with van der Waals surface area (Å²) in [4.78, 5) is 7.80. The first-order valence-corrected chi connectivity index (χ1v) is 8.47. The van der Waals surface area contributed by atoms with E-state index in [2.05, 4.69) is 14.7 Å². The minimum absolute atomic E-state index is 0.105. The number of rotatable bonds is 6. The molecule has 104 valence electrons. The van der Waals surface area contributed by atoms with E-state index in [9.17, 15) is 8.42 Å². The lowest BCUT2D eigenvalue weighted by Gasteiger charge is -2.03. The highest BCUT2D eigenvalue weighted by Crippen LogP contribution is 2.21. The number of sulfonamides is 1. The molecule has 19 heavy (non-hydrogen) atoms. The average molecular weight is 320 g/mol. The summed E-state index contributed by atoms with van der Waals surface area (Å²) in [5.74, 6) is 0.658. The predicted octanol–water partition coefficient (Wildman–Crippen LogP) is 2.21. The van der Waals surface area contributed by atoms with Gasteiger partial charge in [0.2, 0.25) is 0 Å². The Morgan fingerprint density at radius 3 is 2.84 bits per heavy atom. The smallest absolute Gasteiger partial charge is 0.257 e. The molecular formula is C11H14ClN3O2S2. The van der Waals surface area contributed by atoms with E-state index in [0.29, 0.717) is 29.5 Å². The van der Waals surface area contributed by atoms with Crippen molar-refractivity contribution in [1.82, 2.24) is 14.7 Å². The van der Waals surface area contributed by atoms with E-state index in [1.54, 1.807) is 6.07 Å². The molecule has 2 heterocycles. The second kappa shape index (κ2) is 6.04. The molecule has 0 saturated heterocycles. The number of aromatic nitrogens is 2. The van der Waals surface area contributed by atoms with Crippen molar-refractivity contribution in [2.24, 2.45) is 0 Å². The highest BCUT2D eigenvalue weighted by Gasteiger charge is 2.16. The van der Waals surface area contributed by atoms with Crippen LogP contribution in [-0.2, 0) is 22.9 Å². The standard InChI is InChI=1S/C11H14ClN3O2S2/c1-2-10-13-7-11(15-10)19(16,17)14-6-5-8-3-4-9(12)18-8/h3-4,7,14H,2,5-6H2,1H3,(H,13,15). The maximum Gasteiger partial charge on any atom is 0.257 e. The second-order valence-electron chi connectivity index (χ2n) is 3.90. The largest absolute Gasteiger partial charge is 0.332 e. The van der Waals surface area contributed by atoms with Crippen molar-refractivity contribution in [2.75, 3.05) is 6.54 Å². The Hall–Kier alpha value is -0.890. The summed E-state index contributed by atoms with van der Waals surface area (Å²) in [6.45, 7) is 2.24. The lowest BCUT2D eigenvalue weighted by molar-refractivity contribution is 0.578. The van der Waals surface area contributed by atoms with Gasteiger partial charge >= 0.3 is 0 Å². The molecule has 2 aromatic heterocycles. The molecule has 0 fully saturated rings. The lowest BCUT2D eigenvalue weighted by atomic mass is 10.3. The summed E-state index contributed by atoms with van der Waals surface area (Å²) in [5, 5.41) is 0.105. The molecule has 0 aliphatic rings. The van der Waals surface area contributed by atoms with E-state index < -0.39 is 10.0 Å². The van der Waals surface area contributed by atoms with E-state index in [4.69, 9.17) is 11.6 Å². The van der Waals surface area contributed by atoms with Crippen molar-refractivity contribution in [3.8, 4) is 0 Å². The third kappa shape index (κ3) is 3.79. The number of nitrogens with zero attached hydrogens (tertiary/aromatic N) is 1. The lowest BCUT2D eigenvalue weighted by Crippen LogP contribution is -2.26. The molecule has 0 atom stereocenters. The van der Waals surface area contributed by atoms with Crippen LogP contribution < -0.4 is 4.72 Å². The van der Waals surface area contributed by atoms with Gasteiger partial charge in [0.15, 0.2) is 5.03 Å². The normalized spacial score (nSPS) is 11.9. The molecular weight excluding hydrogens is 306 g/mol. The fourth-order valence-electron chi connectivity index (χ4n) is 1.53. The molecule has 0 saturated carbocycles. The fraction of sp³-hybridized carbons (Fsp3) is 0.364. The Bertz CT molecular complexity index is 648. The number of aryl methyl sites for hydroxylation is 1. The Morgan fingerprint density at radius 2 is 2.26 bits per heavy atom. The third-order valence-corrected chi connectivity index (χ3v) is 5.18. The minimum Gasteiger partial charge on any atom is -0.332 e. The van der Waals surface area contributed by atoms with Crippen LogP contribution in [0.2, 0.25) is 4.34 Å². The van der Waals surface area contributed by atoms with E-state index in [-0.39, 0.29) is 5.03 Å². The summed E-state index contributed by atoms with van der Waals surface area (Å²) < 4.78 is 27.1. The van der Waals surface area contributed by atoms with Crippen molar-refractivity contribution in [2.45, 2.75) is 24.8 Å². The zero-order chi connectivity index (χ0) is 13.9. The molecule has 8 heteroatoms. The van der Waals surface area contributed by atoms with Gasteiger partial charge in [-0.05, 0) is 18.6 Å². The topological polar surface area (TPSA) is 74.8 Å². The molecule has 0 radical (unpaired) electrons. The highest BCUT2D eigenvalue weighted by atomic mass is 35.5. The van der Waals surface area contributed by atoms with Crippen LogP contribution in [0.3, 0.4) is 0 Å². The first kappa shape index (κ1) is 14.5. The second-order valence-corrected chi connectivity index (χ2v) is 7.44. The Morgan fingerprint density at radius 1 is 1.47 bits per heavy atom. The van der Waals surface area contributed by atoms with Crippen LogP contribution in [-0.4, -0.2) is 24.9 Å². The van der Waals surface area contributed by atoms with Gasteiger partial charge in [-0.15, -0.1) is 11.3 Å². The zero-order valence-corrected chi connectivity index (χ0v) is 12.7. The number of hydrogen-bond donors (Lipinski definition) is 2. The molecule has 0 spiro atoms. The van der Waals surface area contributed by atoms with Gasteiger partial charge in [-0.25, -0.2) is 18.1 Å². The molecule has 0 aliphatic carbocycles. The van der Waals surface area contributed by atoms with Crippen molar-refractivity contribution in [1.29, 1.82) is 0 Å². The minimum atomic E-state index is -3.51. The van der Waals surface area contributed by atoms with Gasteiger partial charge in [-0.2, -0.15) is 0 Å². The number of aromatic amines is 1. The van der Waals surface area contributed by atoms with Crippen LogP contribution in [0, 0.1) is 0 Å². The number of H-pyrrole nitrogens is 1. The first-order valence-electron chi connectivity index (χ1n) is 5.79. The number of nitrogens with one attached hydrogen (secondary N) is 2. The van der Waals surface area contributed by atoms with Gasteiger partial charge in [0.05, 0.1) is 10.5 Å². The van der Waals surface area contributed by atoms with Crippen LogP contribution in [0.1, 0.15) is 17.6 Å². The van der Waals surface area contributed by atoms with Crippen molar-refractivity contribution >= 4 is 33.0 Å². The van der Waals surface area contributed by atoms with Crippen LogP contribution in [0.15, 0.2) is 23.4 Å². The third-order valence-electron chi connectivity index (χ3n) is 2.52. The molecule has 2 aromatic rings. The summed E-state index contributed by atoms with van der Waals surface area (Å²) in [7, 11) is -3.51. The van der Waals surface area contributed by atoms with Crippen LogP contribution in [0.5, 0.6) is 0 Å². The van der Waals surface area contributed by atoms with E-state index >= 15 is 0 Å². The predicted molar refractivity (Wildman–Crippen MR) is 76.2 cm³/mol.